The maximum atomic E-state index is 6.17. The lowest BCUT2D eigenvalue weighted by atomic mass is 9.85. The van der Waals surface area contributed by atoms with E-state index in [0.717, 1.165) is 24.5 Å². The zero-order valence-corrected chi connectivity index (χ0v) is 11.8. The van der Waals surface area contributed by atoms with E-state index >= 15 is 0 Å². The van der Waals surface area contributed by atoms with Gasteiger partial charge in [-0.1, -0.05) is 26.0 Å². The summed E-state index contributed by atoms with van der Waals surface area (Å²) in [6.45, 7) is 4.50. The van der Waals surface area contributed by atoms with Gasteiger partial charge >= 0.3 is 0 Å². The van der Waals surface area contributed by atoms with Gasteiger partial charge in [0.25, 0.3) is 0 Å². The van der Waals surface area contributed by atoms with Crippen LogP contribution < -0.4 is 10.1 Å². The fourth-order valence-corrected chi connectivity index (χ4v) is 2.77. The van der Waals surface area contributed by atoms with Crippen LogP contribution in [0, 0.1) is 5.92 Å². The Labute approximate surface area is 111 Å². The van der Waals surface area contributed by atoms with Crippen molar-refractivity contribution in [2.75, 3.05) is 7.05 Å². The second-order valence-electron chi connectivity index (χ2n) is 5.47. The van der Waals surface area contributed by atoms with Crippen molar-refractivity contribution in [2.24, 2.45) is 5.92 Å². The van der Waals surface area contributed by atoms with Crippen LogP contribution in [0.25, 0.3) is 0 Å². The molecule has 100 valence electrons. The smallest absolute Gasteiger partial charge is 0.119 e. The van der Waals surface area contributed by atoms with Gasteiger partial charge in [-0.3, -0.25) is 0 Å². The average Bonchev–Trinajstić information content (AvgIpc) is 2.40. The van der Waals surface area contributed by atoms with Crippen molar-refractivity contribution in [3.63, 3.8) is 0 Å². The van der Waals surface area contributed by atoms with Gasteiger partial charge in [0.2, 0.25) is 0 Å². The average molecular weight is 247 g/mol. The molecule has 2 nitrogen and oxygen atoms in total. The van der Waals surface area contributed by atoms with Gasteiger partial charge in [-0.25, -0.2) is 0 Å². The zero-order chi connectivity index (χ0) is 13.0. The van der Waals surface area contributed by atoms with Crippen molar-refractivity contribution in [3.05, 3.63) is 29.8 Å². The summed E-state index contributed by atoms with van der Waals surface area (Å²) in [4.78, 5) is 0. The van der Waals surface area contributed by atoms with Crippen LogP contribution in [0.15, 0.2) is 24.3 Å². The van der Waals surface area contributed by atoms with Crippen LogP contribution in [0.2, 0.25) is 0 Å². The Morgan fingerprint density at radius 1 is 1.22 bits per heavy atom. The summed E-state index contributed by atoms with van der Waals surface area (Å²) in [5.41, 5.74) is 1.37. The van der Waals surface area contributed by atoms with Crippen LogP contribution in [0.3, 0.4) is 0 Å². The minimum Gasteiger partial charge on any atom is -0.489 e. The van der Waals surface area contributed by atoms with E-state index < -0.39 is 0 Å². The molecule has 0 bridgehead atoms. The Balaban J connectivity index is 2.01. The van der Waals surface area contributed by atoms with E-state index in [9.17, 15) is 0 Å². The SMILES string of the molecule is CCc1ccc(OC2CC(C)CCC2NC)cc1. The summed E-state index contributed by atoms with van der Waals surface area (Å²) in [5.74, 6) is 1.78. The lowest BCUT2D eigenvalue weighted by Crippen LogP contribution is -2.45. The molecule has 1 saturated carbocycles. The van der Waals surface area contributed by atoms with Gasteiger partial charge in [0, 0.05) is 6.04 Å². The molecule has 1 N–H and O–H groups in total. The molecule has 1 fully saturated rings. The van der Waals surface area contributed by atoms with E-state index in [1.807, 2.05) is 7.05 Å². The molecule has 3 unspecified atom stereocenters. The van der Waals surface area contributed by atoms with Crippen LogP contribution >= 0.6 is 0 Å². The molecule has 1 aromatic carbocycles. The summed E-state index contributed by atoms with van der Waals surface area (Å²) in [6.07, 6.45) is 5.07. The van der Waals surface area contributed by atoms with E-state index in [2.05, 4.69) is 43.4 Å². The molecule has 18 heavy (non-hydrogen) atoms. The molecule has 0 amide bonds. The lowest BCUT2D eigenvalue weighted by Gasteiger charge is -2.34. The van der Waals surface area contributed by atoms with E-state index in [1.54, 1.807) is 0 Å². The topological polar surface area (TPSA) is 21.3 Å². The molecule has 0 heterocycles. The van der Waals surface area contributed by atoms with Crippen molar-refractivity contribution in [1.29, 1.82) is 0 Å². The second-order valence-corrected chi connectivity index (χ2v) is 5.47. The number of benzene rings is 1. The third-order valence-corrected chi connectivity index (χ3v) is 4.04. The van der Waals surface area contributed by atoms with E-state index in [0.29, 0.717) is 12.1 Å². The van der Waals surface area contributed by atoms with E-state index in [-0.39, 0.29) is 0 Å². The molecule has 1 aliphatic rings. The standard InChI is InChI=1S/C16H25NO/c1-4-13-6-8-14(9-7-13)18-16-11-12(2)5-10-15(16)17-3/h6-9,12,15-17H,4-5,10-11H2,1-3H3. The van der Waals surface area contributed by atoms with E-state index in [1.165, 1.54) is 18.4 Å². The summed E-state index contributed by atoms with van der Waals surface area (Å²) in [6, 6.07) is 9.02. The predicted octanol–water partition coefficient (Wildman–Crippen LogP) is 3.40. The first-order chi connectivity index (χ1) is 8.72. The number of hydrogen-bond donors (Lipinski definition) is 1. The quantitative estimate of drug-likeness (QED) is 0.880. The van der Waals surface area contributed by atoms with Crippen molar-refractivity contribution in [3.8, 4) is 5.75 Å². The maximum absolute atomic E-state index is 6.17. The maximum Gasteiger partial charge on any atom is 0.119 e. The highest BCUT2D eigenvalue weighted by atomic mass is 16.5. The van der Waals surface area contributed by atoms with Crippen LogP contribution in [-0.4, -0.2) is 19.2 Å². The highest BCUT2D eigenvalue weighted by molar-refractivity contribution is 5.27. The van der Waals surface area contributed by atoms with Crippen LogP contribution in [-0.2, 0) is 6.42 Å². The molecular formula is C16H25NO. The predicted molar refractivity (Wildman–Crippen MR) is 76.1 cm³/mol. The molecule has 0 spiro atoms. The van der Waals surface area contributed by atoms with Gasteiger partial charge in [0.05, 0.1) is 0 Å². The molecule has 1 aromatic rings. The summed E-state index contributed by atoms with van der Waals surface area (Å²) < 4.78 is 6.17. The number of hydrogen-bond acceptors (Lipinski definition) is 2. The molecular weight excluding hydrogens is 222 g/mol. The fraction of sp³-hybridized carbons (Fsp3) is 0.625. The molecule has 3 atom stereocenters. The van der Waals surface area contributed by atoms with Gasteiger partial charge in [-0.2, -0.15) is 0 Å². The number of aryl methyl sites for hydroxylation is 1. The normalized spacial score (nSPS) is 28.1. The van der Waals surface area contributed by atoms with Gasteiger partial charge < -0.3 is 10.1 Å². The molecule has 0 radical (unpaired) electrons. The molecule has 0 aromatic heterocycles. The van der Waals surface area contributed by atoms with Crippen LogP contribution in [0.5, 0.6) is 5.75 Å². The first-order valence-corrected chi connectivity index (χ1v) is 7.15. The Kier molecular flexibility index (Phi) is 4.65. The van der Waals surface area contributed by atoms with Gasteiger partial charge in [-0.05, 0) is 56.3 Å². The Morgan fingerprint density at radius 3 is 2.56 bits per heavy atom. The Bertz CT molecular complexity index is 360. The summed E-state index contributed by atoms with van der Waals surface area (Å²) >= 11 is 0. The number of nitrogens with one attached hydrogen (secondary N) is 1. The first kappa shape index (κ1) is 13.4. The Hall–Kier alpha value is -1.02. The number of rotatable bonds is 4. The minimum absolute atomic E-state index is 0.311. The van der Waals surface area contributed by atoms with Crippen molar-refractivity contribution in [2.45, 2.75) is 51.7 Å². The van der Waals surface area contributed by atoms with Crippen molar-refractivity contribution >= 4 is 0 Å². The van der Waals surface area contributed by atoms with Crippen LogP contribution in [0.1, 0.15) is 38.7 Å². The largest absolute Gasteiger partial charge is 0.489 e. The summed E-state index contributed by atoms with van der Waals surface area (Å²) in [5, 5.41) is 3.39. The molecule has 0 aliphatic heterocycles. The molecule has 0 saturated heterocycles. The highest BCUT2D eigenvalue weighted by Crippen LogP contribution is 2.27. The second kappa shape index (κ2) is 6.24. The Morgan fingerprint density at radius 2 is 1.94 bits per heavy atom. The monoisotopic (exact) mass is 247 g/mol. The highest BCUT2D eigenvalue weighted by Gasteiger charge is 2.29. The van der Waals surface area contributed by atoms with Crippen LogP contribution in [0.4, 0.5) is 0 Å². The van der Waals surface area contributed by atoms with Gasteiger partial charge in [-0.15, -0.1) is 0 Å². The molecule has 2 heteroatoms. The fourth-order valence-electron chi connectivity index (χ4n) is 2.77. The third kappa shape index (κ3) is 3.26. The van der Waals surface area contributed by atoms with Gasteiger partial charge in [0.15, 0.2) is 0 Å². The first-order valence-electron chi connectivity index (χ1n) is 7.15. The van der Waals surface area contributed by atoms with E-state index in [4.69, 9.17) is 4.74 Å². The molecule has 2 rings (SSSR count). The van der Waals surface area contributed by atoms with Gasteiger partial charge in [0.1, 0.15) is 11.9 Å². The molecule has 1 aliphatic carbocycles. The summed E-state index contributed by atoms with van der Waals surface area (Å²) in [7, 11) is 2.04. The zero-order valence-electron chi connectivity index (χ0n) is 11.8. The van der Waals surface area contributed by atoms with Crippen molar-refractivity contribution in [1.82, 2.24) is 5.32 Å². The lowest BCUT2D eigenvalue weighted by molar-refractivity contribution is 0.0944. The minimum atomic E-state index is 0.311. The number of likely N-dealkylation sites (N-methyl/N-ethyl adjacent to an activating group) is 1. The number of ether oxygens (including phenoxy) is 1. The third-order valence-electron chi connectivity index (χ3n) is 4.04. The van der Waals surface area contributed by atoms with Crippen molar-refractivity contribution < 1.29 is 4.74 Å².